The fourth-order valence-corrected chi connectivity index (χ4v) is 3.55. The van der Waals surface area contributed by atoms with E-state index in [2.05, 4.69) is 10.0 Å². The minimum Gasteiger partial charge on any atom is -0.460 e. The average molecular weight is 403 g/mol. The van der Waals surface area contributed by atoms with Crippen LogP contribution >= 0.6 is 0 Å². The molecule has 3 atom stereocenters. The third kappa shape index (κ3) is 5.71. The lowest BCUT2D eigenvalue weighted by Crippen LogP contribution is -2.47. The predicted octanol–water partition coefficient (Wildman–Crippen LogP) is 0.837. The molecule has 11 heteroatoms. The van der Waals surface area contributed by atoms with Gasteiger partial charge in [0.1, 0.15) is 6.61 Å². The van der Waals surface area contributed by atoms with Crippen molar-refractivity contribution >= 4 is 19.0 Å². The number of hydrogen-bond donors (Lipinski definition) is 3. The lowest BCUT2D eigenvalue weighted by Gasteiger charge is -2.27. The molecule has 1 fully saturated rings. The van der Waals surface area contributed by atoms with Gasteiger partial charge in [0.25, 0.3) is 0 Å². The maximum absolute atomic E-state index is 13.0. The summed E-state index contributed by atoms with van der Waals surface area (Å²) >= 11 is 0. The Bertz CT molecular complexity index is 756. The summed E-state index contributed by atoms with van der Waals surface area (Å²) in [5.41, 5.74) is 14.0. The number of benzene rings is 1. The van der Waals surface area contributed by atoms with Crippen LogP contribution in [0, 0.1) is 5.92 Å². The van der Waals surface area contributed by atoms with Crippen LogP contribution in [0.15, 0.2) is 35.4 Å². The van der Waals surface area contributed by atoms with Gasteiger partial charge >= 0.3 is 13.1 Å². The van der Waals surface area contributed by atoms with Crippen molar-refractivity contribution in [2.45, 2.75) is 44.3 Å². The van der Waals surface area contributed by atoms with E-state index in [0.717, 1.165) is 5.56 Å². The number of esters is 1. The van der Waals surface area contributed by atoms with E-state index < -0.39 is 30.6 Å². The minimum absolute atomic E-state index is 0.00564. The Morgan fingerprint density at radius 1 is 1.45 bits per heavy atom. The molecule has 1 saturated heterocycles. The van der Waals surface area contributed by atoms with E-state index in [4.69, 9.17) is 26.0 Å². The van der Waals surface area contributed by atoms with Crippen molar-refractivity contribution in [1.82, 2.24) is 4.90 Å². The Kier molecular flexibility index (Phi) is 8.04. The minimum atomic E-state index is -1.59. The molecule has 1 unspecified atom stereocenters. The number of likely N-dealkylation sites (tertiary alicyclic amines) is 1. The first-order chi connectivity index (χ1) is 13.8. The number of amides is 1. The van der Waals surface area contributed by atoms with Gasteiger partial charge in [-0.1, -0.05) is 41.9 Å². The fraction of sp³-hybridized carbons (Fsp3) is 0.556. The lowest BCUT2D eigenvalue weighted by atomic mass is 9.78. The number of nitrogens with zero attached hydrogens (tertiary/aromatic N) is 4. The molecule has 1 amide bonds. The summed E-state index contributed by atoms with van der Waals surface area (Å²) in [4.78, 5) is 29.7. The van der Waals surface area contributed by atoms with E-state index in [9.17, 15) is 9.59 Å². The number of carbonyl (C=O) groups is 2. The zero-order valence-corrected chi connectivity index (χ0v) is 16.3. The Balaban J connectivity index is 2.24. The summed E-state index contributed by atoms with van der Waals surface area (Å²) in [6.45, 7) is 1.59. The van der Waals surface area contributed by atoms with Gasteiger partial charge in [-0.3, -0.25) is 9.59 Å². The van der Waals surface area contributed by atoms with Crippen LogP contribution in [0.4, 0.5) is 0 Å². The largest absolute Gasteiger partial charge is 0.460 e. The standard InChI is InChI=1S/C18H26BN5O5/c1-13(20)16(25)24-10-15(8-5-9-19(27)28)18(12-24,22-23-21)17(26)29-11-14-6-3-2-4-7-14/h2-4,6-7,13,15,27-28H,5,8-12,20H2,1H3/t13-,15-,18?/m0/s1. The topological polar surface area (TPSA) is 162 Å². The number of hydrogen-bond acceptors (Lipinski definition) is 7. The molecule has 2 rings (SSSR count). The molecule has 10 nitrogen and oxygen atoms in total. The zero-order chi connectivity index (χ0) is 21.4. The Morgan fingerprint density at radius 2 is 2.14 bits per heavy atom. The number of rotatable bonds is 9. The first kappa shape index (κ1) is 22.7. The Morgan fingerprint density at radius 3 is 2.72 bits per heavy atom. The molecule has 0 saturated carbocycles. The van der Waals surface area contributed by atoms with Crippen LogP contribution in [0.1, 0.15) is 25.3 Å². The van der Waals surface area contributed by atoms with Gasteiger partial charge in [0.15, 0.2) is 5.54 Å². The summed E-state index contributed by atoms with van der Waals surface area (Å²) in [5, 5.41) is 22.0. The molecule has 1 aromatic carbocycles. The third-order valence-electron chi connectivity index (χ3n) is 5.05. The molecule has 0 aromatic heterocycles. The molecule has 1 heterocycles. The number of ether oxygens (including phenoxy) is 1. The monoisotopic (exact) mass is 403 g/mol. The summed E-state index contributed by atoms with van der Waals surface area (Å²) < 4.78 is 5.44. The number of nitrogens with two attached hydrogens (primary N) is 1. The number of carbonyl (C=O) groups excluding carboxylic acids is 2. The molecule has 4 N–H and O–H groups in total. The van der Waals surface area contributed by atoms with Gasteiger partial charge in [0, 0.05) is 23.9 Å². The van der Waals surface area contributed by atoms with Gasteiger partial charge in [0.05, 0.1) is 6.04 Å². The molecule has 1 aromatic rings. The third-order valence-corrected chi connectivity index (χ3v) is 5.05. The van der Waals surface area contributed by atoms with Crippen LogP contribution in [0.25, 0.3) is 10.4 Å². The summed E-state index contributed by atoms with van der Waals surface area (Å²) in [6, 6.07) is 8.30. The van der Waals surface area contributed by atoms with E-state index in [1.807, 2.05) is 18.2 Å². The molecule has 0 radical (unpaired) electrons. The highest BCUT2D eigenvalue weighted by atomic mass is 16.5. The van der Waals surface area contributed by atoms with E-state index in [-0.39, 0.29) is 31.9 Å². The molecule has 1 aliphatic rings. The van der Waals surface area contributed by atoms with E-state index in [0.29, 0.717) is 12.8 Å². The normalized spacial score (nSPS) is 21.9. The Hall–Kier alpha value is -2.59. The maximum Gasteiger partial charge on any atom is 0.451 e. The van der Waals surface area contributed by atoms with E-state index in [1.165, 1.54) is 4.90 Å². The van der Waals surface area contributed by atoms with Gasteiger partial charge in [0.2, 0.25) is 5.91 Å². The quantitative estimate of drug-likeness (QED) is 0.182. The molecule has 0 spiro atoms. The molecule has 29 heavy (non-hydrogen) atoms. The first-order valence-corrected chi connectivity index (χ1v) is 9.48. The molecule has 0 bridgehead atoms. The van der Waals surface area contributed by atoms with Gasteiger partial charge in [-0.15, -0.1) is 0 Å². The van der Waals surface area contributed by atoms with E-state index >= 15 is 0 Å². The lowest BCUT2D eigenvalue weighted by molar-refractivity contribution is -0.152. The maximum atomic E-state index is 13.0. The molecular formula is C18H26BN5O5. The highest BCUT2D eigenvalue weighted by Gasteiger charge is 2.54. The van der Waals surface area contributed by atoms with Crippen LogP contribution in [0.2, 0.25) is 6.32 Å². The SMILES string of the molecule is C[C@H](N)C(=O)N1C[C@H](CCCB(O)O)C(N=[N+]=[N-])(C(=O)OCc2ccccc2)C1. The predicted molar refractivity (Wildman–Crippen MR) is 106 cm³/mol. The van der Waals surface area contributed by atoms with Crippen LogP contribution in [-0.2, 0) is 20.9 Å². The van der Waals surface area contributed by atoms with Crippen molar-refractivity contribution < 1.29 is 24.4 Å². The highest BCUT2D eigenvalue weighted by Crippen LogP contribution is 2.37. The highest BCUT2D eigenvalue weighted by molar-refractivity contribution is 6.40. The fourth-order valence-electron chi connectivity index (χ4n) is 3.55. The second kappa shape index (κ2) is 10.3. The first-order valence-electron chi connectivity index (χ1n) is 9.48. The van der Waals surface area contributed by atoms with Gasteiger partial charge in [-0.2, -0.15) is 0 Å². The number of azide groups is 1. The molecular weight excluding hydrogens is 377 g/mol. The second-order valence-corrected chi connectivity index (χ2v) is 7.29. The average Bonchev–Trinajstić information content (AvgIpc) is 3.05. The van der Waals surface area contributed by atoms with Crippen molar-refractivity contribution in [3.63, 3.8) is 0 Å². The smallest absolute Gasteiger partial charge is 0.451 e. The molecule has 156 valence electrons. The van der Waals surface area contributed by atoms with Gasteiger partial charge < -0.3 is 25.4 Å². The van der Waals surface area contributed by atoms with Crippen molar-refractivity contribution in [3.05, 3.63) is 46.3 Å². The Labute approximate surface area is 169 Å². The molecule has 0 aliphatic carbocycles. The van der Waals surface area contributed by atoms with Crippen molar-refractivity contribution in [2.75, 3.05) is 13.1 Å². The van der Waals surface area contributed by atoms with Crippen LogP contribution < -0.4 is 5.73 Å². The summed E-state index contributed by atoms with van der Waals surface area (Å²) in [5.74, 6) is -1.60. The molecule has 1 aliphatic heterocycles. The van der Waals surface area contributed by atoms with Crippen LogP contribution in [-0.4, -0.2) is 58.6 Å². The van der Waals surface area contributed by atoms with Crippen molar-refractivity contribution in [1.29, 1.82) is 0 Å². The second-order valence-electron chi connectivity index (χ2n) is 7.29. The van der Waals surface area contributed by atoms with Crippen LogP contribution in [0.3, 0.4) is 0 Å². The summed E-state index contributed by atoms with van der Waals surface area (Å²) in [6.07, 6.45) is 0.820. The summed E-state index contributed by atoms with van der Waals surface area (Å²) in [7, 11) is -1.47. The van der Waals surface area contributed by atoms with Gasteiger partial charge in [-0.25, -0.2) is 0 Å². The zero-order valence-electron chi connectivity index (χ0n) is 16.3. The van der Waals surface area contributed by atoms with Crippen molar-refractivity contribution in [2.24, 2.45) is 16.8 Å². The van der Waals surface area contributed by atoms with E-state index in [1.54, 1.807) is 19.1 Å². The van der Waals surface area contributed by atoms with Crippen molar-refractivity contribution in [3.8, 4) is 0 Å². The van der Waals surface area contributed by atoms with Gasteiger partial charge in [-0.05, 0) is 30.8 Å². The van der Waals surface area contributed by atoms with Crippen LogP contribution in [0.5, 0.6) is 0 Å².